The van der Waals surface area contributed by atoms with Crippen LogP contribution in [0.2, 0.25) is 0 Å². The quantitative estimate of drug-likeness (QED) is 0.563. The Hall–Kier alpha value is -0.810. The van der Waals surface area contributed by atoms with Crippen LogP contribution in [-0.4, -0.2) is 24.0 Å². The summed E-state index contributed by atoms with van der Waals surface area (Å²) in [5, 5.41) is 0. The van der Waals surface area contributed by atoms with Gasteiger partial charge < -0.3 is 4.74 Å². The molecule has 0 saturated heterocycles. The average Bonchev–Trinajstić information content (AvgIpc) is 2.72. The number of allylic oxidation sites excluding steroid dienone is 1. The van der Waals surface area contributed by atoms with Gasteiger partial charge >= 0.3 is 0 Å². The van der Waals surface area contributed by atoms with Gasteiger partial charge in [-0.15, -0.1) is 0 Å². The van der Waals surface area contributed by atoms with Crippen LogP contribution in [0.5, 0.6) is 0 Å². The van der Waals surface area contributed by atoms with Crippen molar-refractivity contribution in [1.29, 1.82) is 0 Å². The molecule has 1 aliphatic carbocycles. The molecule has 2 unspecified atom stereocenters. The molecule has 1 rings (SSSR count). The maximum atomic E-state index is 12.5. The average molecular weight is 233 g/mol. The minimum absolute atomic E-state index is 0.0833. The number of halogens is 2. The molecular formula is C11H17F2NO2. The normalized spacial score (nSPS) is 25.0. The standard InChI is InChI=1S/C11H17F2NO2/c1-7(2)16-10(14)9(15)5-3-4-8-6-11(8,12)13/h3,5,7-8,10H,4,6,14H2,1-2H3/b5-3+. The van der Waals surface area contributed by atoms with Gasteiger partial charge in [0.05, 0.1) is 6.10 Å². The summed E-state index contributed by atoms with van der Waals surface area (Å²) in [7, 11) is 0. The lowest BCUT2D eigenvalue weighted by Crippen LogP contribution is -2.34. The summed E-state index contributed by atoms with van der Waals surface area (Å²) in [5.41, 5.74) is 5.43. The molecule has 0 aromatic heterocycles. The number of hydrogen-bond acceptors (Lipinski definition) is 3. The van der Waals surface area contributed by atoms with Crippen LogP contribution >= 0.6 is 0 Å². The predicted molar refractivity (Wildman–Crippen MR) is 56.0 cm³/mol. The molecular weight excluding hydrogens is 216 g/mol. The second kappa shape index (κ2) is 5.01. The highest BCUT2D eigenvalue weighted by atomic mass is 19.3. The molecule has 0 aromatic carbocycles. The van der Waals surface area contributed by atoms with E-state index >= 15 is 0 Å². The minimum Gasteiger partial charge on any atom is -0.353 e. The van der Waals surface area contributed by atoms with E-state index < -0.39 is 23.9 Å². The van der Waals surface area contributed by atoms with Gasteiger partial charge in [0.15, 0.2) is 12.0 Å². The van der Waals surface area contributed by atoms with Gasteiger partial charge in [0.2, 0.25) is 0 Å². The number of carbonyl (C=O) groups is 1. The number of hydrogen-bond donors (Lipinski definition) is 1. The number of ketones is 1. The molecule has 2 N–H and O–H groups in total. The van der Waals surface area contributed by atoms with E-state index in [9.17, 15) is 13.6 Å². The molecule has 0 aromatic rings. The van der Waals surface area contributed by atoms with Crippen LogP contribution < -0.4 is 5.73 Å². The fourth-order valence-electron chi connectivity index (χ4n) is 1.33. The van der Waals surface area contributed by atoms with E-state index in [2.05, 4.69) is 0 Å². The molecule has 5 heteroatoms. The summed E-state index contributed by atoms with van der Waals surface area (Å²) in [6.45, 7) is 3.53. The number of alkyl halides is 2. The molecule has 0 aliphatic heterocycles. The first-order chi connectivity index (χ1) is 7.33. The van der Waals surface area contributed by atoms with Gasteiger partial charge in [-0.05, 0) is 26.3 Å². The number of rotatable bonds is 6. The van der Waals surface area contributed by atoms with Crippen molar-refractivity contribution in [3.05, 3.63) is 12.2 Å². The lowest BCUT2D eigenvalue weighted by atomic mass is 10.2. The number of ether oxygens (including phenoxy) is 1. The fraction of sp³-hybridized carbons (Fsp3) is 0.727. The van der Waals surface area contributed by atoms with Crippen LogP contribution in [0.1, 0.15) is 26.7 Å². The maximum absolute atomic E-state index is 12.5. The van der Waals surface area contributed by atoms with Crippen molar-refractivity contribution in [3.63, 3.8) is 0 Å². The first kappa shape index (κ1) is 13.3. The Bertz CT molecular complexity index is 290. The van der Waals surface area contributed by atoms with Crippen molar-refractivity contribution in [1.82, 2.24) is 0 Å². The molecule has 0 heterocycles. The van der Waals surface area contributed by atoms with Gasteiger partial charge in [0, 0.05) is 12.3 Å². The summed E-state index contributed by atoms with van der Waals surface area (Å²) >= 11 is 0. The predicted octanol–water partition coefficient (Wildman–Crippen LogP) is 1.87. The highest BCUT2D eigenvalue weighted by Gasteiger charge is 2.55. The maximum Gasteiger partial charge on any atom is 0.251 e. The molecule has 0 amide bonds. The second-order valence-corrected chi connectivity index (χ2v) is 4.31. The van der Waals surface area contributed by atoms with Gasteiger partial charge in [0.1, 0.15) is 0 Å². The van der Waals surface area contributed by atoms with E-state index in [1.54, 1.807) is 13.8 Å². The smallest absolute Gasteiger partial charge is 0.251 e. The molecule has 3 nitrogen and oxygen atoms in total. The van der Waals surface area contributed by atoms with Gasteiger partial charge in [-0.1, -0.05) is 6.08 Å². The SMILES string of the molecule is CC(C)OC(N)C(=O)/C=C/CC1CC1(F)F. The van der Waals surface area contributed by atoms with Crippen LogP contribution in [0.15, 0.2) is 12.2 Å². The Labute approximate surface area is 93.6 Å². The van der Waals surface area contributed by atoms with Crippen LogP contribution in [0.3, 0.4) is 0 Å². The monoisotopic (exact) mass is 233 g/mol. The Morgan fingerprint density at radius 1 is 1.62 bits per heavy atom. The zero-order chi connectivity index (χ0) is 12.3. The molecule has 1 fully saturated rings. The third-order valence-electron chi connectivity index (χ3n) is 2.36. The molecule has 2 atom stereocenters. The van der Waals surface area contributed by atoms with Crippen molar-refractivity contribution < 1.29 is 18.3 Å². The summed E-state index contributed by atoms with van der Waals surface area (Å²) in [4.78, 5) is 11.3. The summed E-state index contributed by atoms with van der Waals surface area (Å²) in [6.07, 6.45) is 1.66. The van der Waals surface area contributed by atoms with Gasteiger partial charge in [-0.3, -0.25) is 10.5 Å². The van der Waals surface area contributed by atoms with Gasteiger partial charge in [0.25, 0.3) is 5.92 Å². The van der Waals surface area contributed by atoms with Gasteiger partial charge in [-0.2, -0.15) is 0 Å². The highest BCUT2D eigenvalue weighted by Crippen LogP contribution is 2.50. The molecule has 0 spiro atoms. The summed E-state index contributed by atoms with van der Waals surface area (Å²) < 4.78 is 30.0. The van der Waals surface area contributed by atoms with E-state index in [0.717, 1.165) is 0 Å². The highest BCUT2D eigenvalue weighted by molar-refractivity contribution is 5.93. The Balaban J connectivity index is 2.26. The van der Waals surface area contributed by atoms with E-state index in [1.807, 2.05) is 0 Å². The van der Waals surface area contributed by atoms with Crippen LogP contribution in [0.4, 0.5) is 8.78 Å². The summed E-state index contributed by atoms with van der Waals surface area (Å²) in [5.74, 6) is -3.54. The van der Waals surface area contributed by atoms with Crippen molar-refractivity contribution in [2.45, 2.75) is 44.9 Å². The molecule has 0 bridgehead atoms. The number of nitrogens with two attached hydrogens (primary N) is 1. The first-order valence-electron chi connectivity index (χ1n) is 5.32. The molecule has 1 saturated carbocycles. The van der Waals surface area contributed by atoms with Crippen LogP contribution in [0, 0.1) is 5.92 Å². The van der Waals surface area contributed by atoms with E-state index in [1.165, 1.54) is 12.2 Å². The van der Waals surface area contributed by atoms with Crippen molar-refractivity contribution >= 4 is 5.78 Å². The van der Waals surface area contributed by atoms with Crippen molar-refractivity contribution in [2.24, 2.45) is 11.7 Å². The Morgan fingerprint density at radius 2 is 2.19 bits per heavy atom. The number of carbonyl (C=O) groups excluding carboxylic acids is 1. The Kier molecular flexibility index (Phi) is 4.15. The lowest BCUT2D eigenvalue weighted by Gasteiger charge is -2.12. The Morgan fingerprint density at radius 3 is 2.62 bits per heavy atom. The third-order valence-corrected chi connectivity index (χ3v) is 2.36. The zero-order valence-electron chi connectivity index (χ0n) is 9.45. The topological polar surface area (TPSA) is 52.3 Å². The minimum atomic E-state index is -2.54. The van der Waals surface area contributed by atoms with Crippen molar-refractivity contribution in [2.75, 3.05) is 0 Å². The molecule has 16 heavy (non-hydrogen) atoms. The van der Waals surface area contributed by atoms with Gasteiger partial charge in [-0.25, -0.2) is 8.78 Å². The lowest BCUT2D eigenvalue weighted by molar-refractivity contribution is -0.127. The summed E-state index contributed by atoms with van der Waals surface area (Å²) in [6, 6.07) is 0. The fourth-order valence-corrected chi connectivity index (χ4v) is 1.33. The molecule has 0 radical (unpaired) electrons. The van der Waals surface area contributed by atoms with Crippen LogP contribution in [0.25, 0.3) is 0 Å². The van der Waals surface area contributed by atoms with Crippen molar-refractivity contribution in [3.8, 4) is 0 Å². The third kappa shape index (κ3) is 3.98. The van der Waals surface area contributed by atoms with Crippen LogP contribution in [-0.2, 0) is 9.53 Å². The van der Waals surface area contributed by atoms with E-state index in [0.29, 0.717) is 0 Å². The largest absolute Gasteiger partial charge is 0.353 e. The van der Waals surface area contributed by atoms with E-state index in [-0.39, 0.29) is 18.9 Å². The second-order valence-electron chi connectivity index (χ2n) is 4.31. The van der Waals surface area contributed by atoms with E-state index in [4.69, 9.17) is 10.5 Å². The molecule has 92 valence electrons. The first-order valence-corrected chi connectivity index (χ1v) is 5.32. The zero-order valence-corrected chi connectivity index (χ0v) is 9.45. The molecule has 1 aliphatic rings.